The highest BCUT2D eigenvalue weighted by Crippen LogP contribution is 2.47. The van der Waals surface area contributed by atoms with E-state index < -0.39 is 0 Å². The third-order valence-electron chi connectivity index (χ3n) is 9.01. The molecule has 0 fully saturated rings. The molecule has 0 saturated heterocycles. The van der Waals surface area contributed by atoms with Gasteiger partial charge in [-0.1, -0.05) is 146 Å². The molecule has 42 heavy (non-hydrogen) atoms. The summed E-state index contributed by atoms with van der Waals surface area (Å²) >= 11 is 0. The molecule has 0 unspecified atom stereocenters. The van der Waals surface area contributed by atoms with Gasteiger partial charge in [0.2, 0.25) is 0 Å². The fourth-order valence-electron chi connectivity index (χ4n) is 7.05. The predicted molar refractivity (Wildman–Crippen MR) is 181 cm³/mol. The highest BCUT2D eigenvalue weighted by Gasteiger charge is 2.19. The number of fused-ring (bicyclic) bond motifs is 2. The molecule has 0 nitrogen and oxygen atoms in total. The van der Waals surface area contributed by atoms with E-state index in [1.54, 1.807) is 0 Å². The van der Waals surface area contributed by atoms with E-state index in [-0.39, 0.29) is 0 Å². The lowest BCUT2D eigenvalue weighted by molar-refractivity contribution is 1.65. The van der Waals surface area contributed by atoms with E-state index in [9.17, 15) is 0 Å². The summed E-state index contributed by atoms with van der Waals surface area (Å²) in [5, 5.41) is 12.9. The van der Waals surface area contributed by atoms with Crippen molar-refractivity contribution in [3.05, 3.63) is 158 Å². The molecule has 0 heterocycles. The average Bonchev–Trinajstić information content (AvgIpc) is 3.07. The van der Waals surface area contributed by atoms with Gasteiger partial charge in [-0.2, -0.15) is 0 Å². The summed E-state index contributed by atoms with van der Waals surface area (Å²) in [7, 11) is 0. The summed E-state index contributed by atoms with van der Waals surface area (Å²) in [5.74, 6) is 0. The molecule has 0 amide bonds. The molecule has 0 aromatic heterocycles. The van der Waals surface area contributed by atoms with Crippen molar-refractivity contribution >= 4 is 53.9 Å². The van der Waals surface area contributed by atoms with Gasteiger partial charge in [0.15, 0.2) is 0 Å². The zero-order chi connectivity index (χ0) is 27.6. The minimum absolute atomic E-state index is 1.25. The molecule has 9 aromatic rings. The Kier molecular flexibility index (Phi) is 5.00. The van der Waals surface area contributed by atoms with Gasteiger partial charge in [-0.25, -0.2) is 0 Å². The average molecular weight is 531 g/mol. The minimum Gasteiger partial charge on any atom is -0.0622 e. The molecule has 0 heteroatoms. The van der Waals surface area contributed by atoms with Crippen LogP contribution in [0.25, 0.3) is 87.2 Å². The number of benzene rings is 9. The third kappa shape index (κ3) is 3.42. The second-order valence-electron chi connectivity index (χ2n) is 11.3. The zero-order valence-electron chi connectivity index (χ0n) is 23.0. The smallest absolute Gasteiger partial charge is 0.00141 e. The Morgan fingerprint density at radius 2 is 0.881 bits per heavy atom. The summed E-state index contributed by atoms with van der Waals surface area (Å²) in [4.78, 5) is 0. The zero-order valence-corrected chi connectivity index (χ0v) is 23.0. The molecule has 0 aliphatic rings. The van der Waals surface area contributed by atoms with E-state index in [1.165, 1.54) is 87.2 Å². The molecule has 0 atom stereocenters. The Morgan fingerprint density at radius 1 is 0.238 bits per heavy atom. The fourth-order valence-corrected chi connectivity index (χ4v) is 7.05. The summed E-state index contributed by atoms with van der Waals surface area (Å²) < 4.78 is 0. The van der Waals surface area contributed by atoms with E-state index in [1.807, 2.05) is 0 Å². The second-order valence-corrected chi connectivity index (χ2v) is 11.3. The summed E-state index contributed by atoms with van der Waals surface area (Å²) in [5.41, 5.74) is 7.60. The van der Waals surface area contributed by atoms with Crippen LogP contribution in [-0.2, 0) is 0 Å². The highest BCUT2D eigenvalue weighted by molar-refractivity contribution is 6.30. The van der Waals surface area contributed by atoms with Gasteiger partial charge < -0.3 is 0 Å². The van der Waals surface area contributed by atoms with Crippen LogP contribution in [0, 0.1) is 0 Å². The minimum atomic E-state index is 1.25. The fraction of sp³-hybridized carbons (Fsp3) is 0. The number of hydrogen-bond donors (Lipinski definition) is 0. The SMILES string of the molecule is c1ccc(-c2ccc3ccc4c(-c5cccc6ccccc56)cc(-c5ccc6ccccc6c5)c5ccc2c3c54)cc1. The summed E-state index contributed by atoms with van der Waals surface area (Å²) in [6.07, 6.45) is 0. The van der Waals surface area contributed by atoms with Crippen LogP contribution in [0.1, 0.15) is 0 Å². The van der Waals surface area contributed by atoms with E-state index in [0.29, 0.717) is 0 Å². The molecular formula is C42H26. The highest BCUT2D eigenvalue weighted by atomic mass is 14.2. The van der Waals surface area contributed by atoms with Crippen LogP contribution in [0.5, 0.6) is 0 Å². The first-order valence-corrected chi connectivity index (χ1v) is 14.6. The van der Waals surface area contributed by atoms with Crippen LogP contribution in [0.3, 0.4) is 0 Å². The maximum absolute atomic E-state index is 2.44. The van der Waals surface area contributed by atoms with Gasteiger partial charge >= 0.3 is 0 Å². The third-order valence-corrected chi connectivity index (χ3v) is 9.01. The Balaban J connectivity index is 1.46. The first kappa shape index (κ1) is 23.3. The van der Waals surface area contributed by atoms with Crippen LogP contribution in [-0.4, -0.2) is 0 Å². The maximum atomic E-state index is 2.44. The Bertz CT molecular complexity index is 2440. The van der Waals surface area contributed by atoms with Crippen molar-refractivity contribution in [1.82, 2.24) is 0 Å². The first-order chi connectivity index (χ1) is 20.8. The monoisotopic (exact) mass is 530 g/mol. The second kappa shape index (κ2) is 9.03. The molecule has 0 spiro atoms. The lowest BCUT2D eigenvalue weighted by atomic mass is 9.83. The Morgan fingerprint density at radius 3 is 1.76 bits per heavy atom. The van der Waals surface area contributed by atoms with Crippen LogP contribution in [0.2, 0.25) is 0 Å². The summed E-state index contributed by atoms with van der Waals surface area (Å²) in [6.45, 7) is 0. The van der Waals surface area contributed by atoms with Gasteiger partial charge in [-0.3, -0.25) is 0 Å². The molecule has 9 rings (SSSR count). The Hall–Kier alpha value is -5.46. The van der Waals surface area contributed by atoms with Crippen molar-refractivity contribution in [2.75, 3.05) is 0 Å². The van der Waals surface area contributed by atoms with Crippen LogP contribution in [0.15, 0.2) is 158 Å². The van der Waals surface area contributed by atoms with Crippen molar-refractivity contribution in [3.8, 4) is 33.4 Å². The van der Waals surface area contributed by atoms with Gasteiger partial charge in [0, 0.05) is 0 Å². The van der Waals surface area contributed by atoms with Gasteiger partial charge in [-0.05, 0) is 99.4 Å². The quantitative estimate of drug-likeness (QED) is 0.199. The molecule has 0 aliphatic heterocycles. The van der Waals surface area contributed by atoms with Gasteiger partial charge in [-0.15, -0.1) is 0 Å². The first-order valence-electron chi connectivity index (χ1n) is 14.6. The largest absolute Gasteiger partial charge is 0.0622 e. The maximum Gasteiger partial charge on any atom is -0.00141 e. The van der Waals surface area contributed by atoms with Crippen molar-refractivity contribution < 1.29 is 0 Å². The van der Waals surface area contributed by atoms with Crippen LogP contribution >= 0.6 is 0 Å². The van der Waals surface area contributed by atoms with E-state index in [2.05, 4.69) is 158 Å². The number of hydrogen-bond acceptors (Lipinski definition) is 0. The molecule has 0 saturated carbocycles. The lowest BCUT2D eigenvalue weighted by Gasteiger charge is -2.20. The standard InChI is InChI=1S/C42H26/c1-2-10-28(11-3-1)34-21-19-30-20-22-38-40(35-16-8-14-29-12-6-7-15-33(29)35)26-39(37-24-23-36(34)41(30)42(37)38)32-18-17-27-9-4-5-13-31(27)25-32/h1-26H. The van der Waals surface area contributed by atoms with Crippen molar-refractivity contribution in [3.63, 3.8) is 0 Å². The normalized spacial score (nSPS) is 11.8. The molecule has 194 valence electrons. The molecule has 0 bridgehead atoms. The predicted octanol–water partition coefficient (Wildman–Crippen LogP) is 11.9. The number of rotatable bonds is 3. The van der Waals surface area contributed by atoms with Gasteiger partial charge in [0.1, 0.15) is 0 Å². The van der Waals surface area contributed by atoms with E-state index >= 15 is 0 Å². The van der Waals surface area contributed by atoms with E-state index in [4.69, 9.17) is 0 Å². The van der Waals surface area contributed by atoms with Crippen LogP contribution in [0.4, 0.5) is 0 Å². The topological polar surface area (TPSA) is 0 Å². The Labute approximate surface area is 244 Å². The van der Waals surface area contributed by atoms with Crippen molar-refractivity contribution in [2.24, 2.45) is 0 Å². The summed E-state index contributed by atoms with van der Waals surface area (Å²) in [6, 6.07) is 58.1. The van der Waals surface area contributed by atoms with Gasteiger partial charge in [0.05, 0.1) is 0 Å². The molecular weight excluding hydrogens is 504 g/mol. The molecule has 9 aromatic carbocycles. The van der Waals surface area contributed by atoms with E-state index in [0.717, 1.165) is 0 Å². The van der Waals surface area contributed by atoms with Crippen molar-refractivity contribution in [1.29, 1.82) is 0 Å². The molecule has 0 radical (unpaired) electrons. The molecule has 0 aliphatic carbocycles. The van der Waals surface area contributed by atoms with Crippen LogP contribution < -0.4 is 0 Å². The lowest BCUT2D eigenvalue weighted by Crippen LogP contribution is -1.93. The molecule has 0 N–H and O–H groups in total. The van der Waals surface area contributed by atoms with Gasteiger partial charge in [0.25, 0.3) is 0 Å². The van der Waals surface area contributed by atoms with Crippen molar-refractivity contribution in [2.45, 2.75) is 0 Å².